The molecule has 3 nitrogen and oxygen atoms in total. The number of aryl methyl sites for hydroxylation is 1. The molecule has 0 saturated carbocycles. The largest absolute Gasteiger partial charge is 0.493 e. The van der Waals surface area contributed by atoms with Crippen molar-refractivity contribution >= 4 is 10.8 Å². The topological polar surface area (TPSA) is 22.3 Å². The van der Waals surface area contributed by atoms with Crippen molar-refractivity contribution in [1.82, 2.24) is 0 Å². The van der Waals surface area contributed by atoms with E-state index in [0.717, 1.165) is 29.9 Å². The minimum atomic E-state index is 0.758. The minimum absolute atomic E-state index is 0.758. The van der Waals surface area contributed by atoms with Crippen molar-refractivity contribution in [3.8, 4) is 22.6 Å². The van der Waals surface area contributed by atoms with Gasteiger partial charge in [0.15, 0.2) is 23.9 Å². The molecule has 1 heterocycles. The van der Waals surface area contributed by atoms with E-state index in [1.807, 2.05) is 6.07 Å². The summed E-state index contributed by atoms with van der Waals surface area (Å²) >= 11 is 0. The molecule has 0 amide bonds. The summed E-state index contributed by atoms with van der Waals surface area (Å²) in [6.07, 6.45) is 6.77. The summed E-state index contributed by atoms with van der Waals surface area (Å²) in [5, 5.41) is 2.33. The summed E-state index contributed by atoms with van der Waals surface area (Å²) in [6, 6.07) is 14.6. The van der Waals surface area contributed by atoms with Gasteiger partial charge in [-0.05, 0) is 17.7 Å². The Bertz CT molecular complexity index is 828. The lowest BCUT2D eigenvalue weighted by Gasteiger charge is -2.12. The molecule has 0 N–H and O–H groups in total. The van der Waals surface area contributed by atoms with Crippen LogP contribution < -0.4 is 14.0 Å². The lowest BCUT2D eigenvalue weighted by Crippen LogP contribution is -2.33. The van der Waals surface area contributed by atoms with Crippen molar-refractivity contribution in [2.45, 2.75) is 26.3 Å². The van der Waals surface area contributed by atoms with Crippen LogP contribution in [0.25, 0.3) is 21.9 Å². The molecular weight excluding hydrogens is 298 g/mol. The molecule has 0 saturated heterocycles. The number of ether oxygens (including phenoxy) is 2. The highest BCUT2D eigenvalue weighted by Crippen LogP contribution is 2.36. The maximum atomic E-state index is 5.50. The first kappa shape index (κ1) is 16.3. The molecule has 0 atom stereocenters. The van der Waals surface area contributed by atoms with Crippen LogP contribution in [-0.4, -0.2) is 14.2 Å². The number of rotatable bonds is 6. The van der Waals surface area contributed by atoms with Gasteiger partial charge in [0.25, 0.3) is 0 Å². The third-order valence-corrected chi connectivity index (χ3v) is 4.30. The molecule has 0 radical (unpaired) electrons. The van der Waals surface area contributed by atoms with E-state index in [1.165, 1.54) is 22.9 Å². The van der Waals surface area contributed by atoms with Crippen molar-refractivity contribution < 1.29 is 14.0 Å². The van der Waals surface area contributed by atoms with Crippen LogP contribution in [0.3, 0.4) is 0 Å². The van der Waals surface area contributed by atoms with E-state index < -0.39 is 0 Å². The SMILES string of the molecule is CCCC[n+]1cc(-c2ccccc2)c2cc(OC)c(OC)cc2c1. The van der Waals surface area contributed by atoms with E-state index >= 15 is 0 Å². The molecule has 3 rings (SSSR count). The van der Waals surface area contributed by atoms with Gasteiger partial charge in [0.2, 0.25) is 0 Å². The van der Waals surface area contributed by atoms with Gasteiger partial charge >= 0.3 is 0 Å². The van der Waals surface area contributed by atoms with Crippen LogP contribution in [0.4, 0.5) is 0 Å². The summed E-state index contributed by atoms with van der Waals surface area (Å²) in [6.45, 7) is 3.23. The average molecular weight is 322 g/mol. The van der Waals surface area contributed by atoms with Crippen molar-refractivity contribution in [1.29, 1.82) is 0 Å². The van der Waals surface area contributed by atoms with Crippen LogP contribution in [0.2, 0.25) is 0 Å². The summed E-state index contributed by atoms with van der Waals surface area (Å²) < 4.78 is 13.3. The fraction of sp³-hybridized carbons (Fsp3) is 0.286. The molecule has 0 aliphatic carbocycles. The number of pyridine rings is 1. The number of aromatic nitrogens is 1. The predicted molar refractivity (Wildman–Crippen MR) is 97.6 cm³/mol. The molecule has 0 aliphatic heterocycles. The van der Waals surface area contributed by atoms with Crippen molar-refractivity contribution in [3.63, 3.8) is 0 Å². The molecular formula is C21H24NO2+. The maximum Gasteiger partial charge on any atom is 0.177 e. The van der Waals surface area contributed by atoms with Crippen molar-refractivity contribution in [2.75, 3.05) is 14.2 Å². The first-order valence-electron chi connectivity index (χ1n) is 8.41. The first-order chi connectivity index (χ1) is 11.8. The Labute approximate surface area is 143 Å². The van der Waals surface area contributed by atoms with Gasteiger partial charge in [-0.1, -0.05) is 43.7 Å². The van der Waals surface area contributed by atoms with Crippen molar-refractivity contribution in [3.05, 3.63) is 54.9 Å². The summed E-state index contributed by atoms with van der Waals surface area (Å²) in [5.41, 5.74) is 2.42. The van der Waals surface area contributed by atoms with E-state index in [9.17, 15) is 0 Å². The van der Waals surface area contributed by atoms with Gasteiger partial charge in [-0.15, -0.1) is 0 Å². The molecule has 2 aromatic carbocycles. The second-order valence-electron chi connectivity index (χ2n) is 5.92. The van der Waals surface area contributed by atoms with E-state index in [0.29, 0.717) is 0 Å². The summed E-state index contributed by atoms with van der Waals surface area (Å²) in [4.78, 5) is 0. The molecule has 3 aromatic rings. The molecule has 0 unspecified atom stereocenters. The number of methoxy groups -OCH3 is 2. The quantitative estimate of drug-likeness (QED) is 0.618. The van der Waals surface area contributed by atoms with Gasteiger partial charge in [-0.2, -0.15) is 0 Å². The molecule has 0 aliphatic rings. The monoisotopic (exact) mass is 322 g/mol. The Morgan fingerprint density at radius 3 is 2.29 bits per heavy atom. The highest BCUT2D eigenvalue weighted by Gasteiger charge is 2.15. The lowest BCUT2D eigenvalue weighted by molar-refractivity contribution is -0.695. The Kier molecular flexibility index (Phi) is 4.99. The van der Waals surface area contributed by atoms with E-state index in [4.69, 9.17) is 9.47 Å². The fourth-order valence-electron chi connectivity index (χ4n) is 3.00. The zero-order valence-corrected chi connectivity index (χ0v) is 14.6. The van der Waals surface area contributed by atoms with Gasteiger partial charge in [-0.25, -0.2) is 4.57 Å². The van der Waals surface area contributed by atoms with E-state index in [1.54, 1.807) is 14.2 Å². The van der Waals surface area contributed by atoms with E-state index in [2.05, 4.69) is 60.3 Å². The highest BCUT2D eigenvalue weighted by atomic mass is 16.5. The standard InChI is InChI=1S/C21H24NO2/c1-4-5-11-22-14-17-12-20(23-2)21(24-3)13-18(17)19(15-22)16-9-7-6-8-10-16/h6-10,12-15H,4-5,11H2,1-3H3/q+1. The zero-order chi connectivity index (χ0) is 16.9. The summed E-state index contributed by atoms with van der Waals surface area (Å²) in [7, 11) is 3.35. The predicted octanol–water partition coefficient (Wildman–Crippen LogP) is 4.61. The first-order valence-corrected chi connectivity index (χ1v) is 8.41. The number of hydrogen-bond donors (Lipinski definition) is 0. The number of nitrogens with zero attached hydrogens (tertiary/aromatic N) is 1. The number of benzene rings is 2. The second-order valence-corrected chi connectivity index (χ2v) is 5.92. The molecule has 3 heteroatoms. The third kappa shape index (κ3) is 3.21. The van der Waals surface area contributed by atoms with Crippen molar-refractivity contribution in [2.24, 2.45) is 0 Å². The average Bonchev–Trinajstić information content (AvgIpc) is 2.65. The maximum absolute atomic E-state index is 5.50. The highest BCUT2D eigenvalue weighted by molar-refractivity contribution is 5.97. The van der Waals surface area contributed by atoms with Gasteiger partial charge in [0.1, 0.15) is 6.54 Å². The molecule has 1 aromatic heterocycles. The van der Waals surface area contributed by atoms with Gasteiger partial charge in [-0.3, -0.25) is 0 Å². The Morgan fingerprint density at radius 2 is 1.62 bits per heavy atom. The van der Waals surface area contributed by atoms with Crippen LogP contribution in [-0.2, 0) is 6.54 Å². The molecule has 0 fully saturated rings. The minimum Gasteiger partial charge on any atom is -0.493 e. The molecule has 124 valence electrons. The van der Waals surface area contributed by atoms with Crippen LogP contribution in [0.5, 0.6) is 11.5 Å². The third-order valence-electron chi connectivity index (χ3n) is 4.30. The Hall–Kier alpha value is -2.55. The number of fused-ring (bicyclic) bond motifs is 1. The van der Waals surface area contributed by atoms with Gasteiger partial charge < -0.3 is 9.47 Å². The Balaban J connectivity index is 2.25. The van der Waals surface area contributed by atoms with Crippen LogP contribution >= 0.6 is 0 Å². The molecule has 24 heavy (non-hydrogen) atoms. The fourth-order valence-corrected chi connectivity index (χ4v) is 3.00. The second kappa shape index (κ2) is 7.35. The molecule has 0 bridgehead atoms. The summed E-state index contributed by atoms with van der Waals surface area (Å²) in [5.74, 6) is 1.52. The number of hydrogen-bond acceptors (Lipinski definition) is 2. The number of unbranched alkanes of at least 4 members (excludes halogenated alkanes) is 1. The van der Waals surface area contributed by atoms with Crippen LogP contribution in [0.15, 0.2) is 54.9 Å². The normalized spacial score (nSPS) is 10.8. The van der Waals surface area contributed by atoms with Gasteiger partial charge in [0.05, 0.1) is 25.2 Å². The zero-order valence-electron chi connectivity index (χ0n) is 14.6. The van der Waals surface area contributed by atoms with E-state index in [-0.39, 0.29) is 0 Å². The Morgan fingerprint density at radius 1 is 0.917 bits per heavy atom. The van der Waals surface area contributed by atoms with Crippen LogP contribution in [0, 0.1) is 0 Å². The van der Waals surface area contributed by atoms with Gasteiger partial charge in [0, 0.05) is 11.8 Å². The van der Waals surface area contributed by atoms with Crippen LogP contribution in [0.1, 0.15) is 19.8 Å². The molecule has 0 spiro atoms. The smallest absolute Gasteiger partial charge is 0.177 e. The lowest BCUT2D eigenvalue weighted by atomic mass is 10.00.